The van der Waals surface area contributed by atoms with E-state index in [4.69, 9.17) is 9.47 Å². The number of aryl methyl sites for hydroxylation is 1. The van der Waals surface area contributed by atoms with Crippen LogP contribution in [0.15, 0.2) is 42.5 Å². The predicted octanol–water partition coefficient (Wildman–Crippen LogP) is 4.02. The average Bonchev–Trinajstić information content (AvgIpc) is 3.02. The third-order valence-electron chi connectivity index (χ3n) is 5.51. The summed E-state index contributed by atoms with van der Waals surface area (Å²) in [5.74, 6) is 0.661. The molecule has 3 unspecified atom stereocenters. The molecule has 3 atom stereocenters. The molecule has 0 saturated carbocycles. The van der Waals surface area contributed by atoms with Crippen LogP contribution in [0.3, 0.4) is 0 Å². The van der Waals surface area contributed by atoms with Gasteiger partial charge in [-0.25, -0.2) is 0 Å². The van der Waals surface area contributed by atoms with Gasteiger partial charge in [0, 0.05) is 18.7 Å². The Hall–Kier alpha value is -2.53. The topological polar surface area (TPSA) is 59.0 Å². The minimum atomic E-state index is -0.859. The molecular formula is C22H27NO4. The molecule has 1 saturated heterocycles. The Labute approximate surface area is 160 Å². The Kier molecular flexibility index (Phi) is 5.71. The lowest BCUT2D eigenvalue weighted by Crippen LogP contribution is -2.36. The highest BCUT2D eigenvalue weighted by molar-refractivity contribution is 5.76. The van der Waals surface area contributed by atoms with E-state index < -0.39 is 12.0 Å². The number of likely N-dealkylation sites (tertiary alicyclic amines) is 1. The monoisotopic (exact) mass is 369 g/mol. The summed E-state index contributed by atoms with van der Waals surface area (Å²) in [5, 5.41) is 10.0. The maximum atomic E-state index is 12.2. The molecule has 1 heterocycles. The summed E-state index contributed by atoms with van der Waals surface area (Å²) in [7, 11) is 3.14. The molecule has 5 nitrogen and oxygen atoms in total. The lowest BCUT2D eigenvalue weighted by molar-refractivity contribution is -0.144. The fourth-order valence-electron chi connectivity index (χ4n) is 4.15. The average molecular weight is 369 g/mol. The fourth-order valence-corrected chi connectivity index (χ4v) is 4.15. The molecule has 2 aromatic carbocycles. The van der Waals surface area contributed by atoms with Gasteiger partial charge >= 0.3 is 5.97 Å². The number of carbonyl (C=O) groups is 1. The van der Waals surface area contributed by atoms with Gasteiger partial charge in [0.05, 0.1) is 14.2 Å². The van der Waals surface area contributed by atoms with Crippen molar-refractivity contribution in [2.24, 2.45) is 0 Å². The van der Waals surface area contributed by atoms with Gasteiger partial charge in [0.1, 0.15) is 17.5 Å². The molecule has 144 valence electrons. The van der Waals surface area contributed by atoms with Crippen LogP contribution in [0.25, 0.3) is 0 Å². The molecule has 1 N–H and O–H groups in total. The van der Waals surface area contributed by atoms with Crippen molar-refractivity contribution in [2.45, 2.75) is 38.3 Å². The molecule has 5 heteroatoms. The molecule has 0 aliphatic carbocycles. The Morgan fingerprint density at radius 1 is 1.15 bits per heavy atom. The zero-order valence-corrected chi connectivity index (χ0v) is 16.3. The summed E-state index contributed by atoms with van der Waals surface area (Å²) >= 11 is 0. The van der Waals surface area contributed by atoms with Crippen molar-refractivity contribution in [1.82, 2.24) is 4.90 Å². The molecule has 1 fully saturated rings. The Morgan fingerprint density at radius 2 is 1.78 bits per heavy atom. The first-order valence-electron chi connectivity index (χ1n) is 9.21. The highest BCUT2D eigenvalue weighted by atomic mass is 16.5. The van der Waals surface area contributed by atoms with Crippen LogP contribution in [0, 0.1) is 6.92 Å². The molecular weight excluding hydrogens is 342 g/mol. The minimum Gasteiger partial charge on any atom is -0.497 e. The normalized spacial score (nSPS) is 21.0. The zero-order chi connectivity index (χ0) is 19.6. The van der Waals surface area contributed by atoms with E-state index in [-0.39, 0.29) is 6.04 Å². The van der Waals surface area contributed by atoms with E-state index in [2.05, 4.69) is 36.9 Å². The number of nitrogens with zero attached hydrogens (tertiary/aromatic N) is 1. The van der Waals surface area contributed by atoms with Gasteiger partial charge in [-0.2, -0.15) is 0 Å². The molecule has 1 aliphatic rings. The summed E-state index contributed by atoms with van der Waals surface area (Å²) in [6.07, 6.45) is 0.940. The third-order valence-corrected chi connectivity index (χ3v) is 5.51. The highest BCUT2D eigenvalue weighted by Crippen LogP contribution is 2.39. The predicted molar refractivity (Wildman–Crippen MR) is 105 cm³/mol. The first kappa shape index (κ1) is 19.2. The first-order chi connectivity index (χ1) is 12.9. The second-order valence-electron chi connectivity index (χ2n) is 7.22. The van der Waals surface area contributed by atoms with E-state index in [9.17, 15) is 9.90 Å². The van der Waals surface area contributed by atoms with E-state index >= 15 is 0 Å². The van der Waals surface area contributed by atoms with Crippen LogP contribution in [-0.4, -0.2) is 42.8 Å². The number of carboxylic acids is 1. The summed E-state index contributed by atoms with van der Waals surface area (Å²) < 4.78 is 10.7. The van der Waals surface area contributed by atoms with Crippen molar-refractivity contribution in [3.63, 3.8) is 0 Å². The molecule has 0 bridgehead atoms. The molecule has 0 amide bonds. The van der Waals surface area contributed by atoms with E-state index in [0.29, 0.717) is 29.5 Å². The van der Waals surface area contributed by atoms with Crippen molar-refractivity contribution >= 4 is 5.97 Å². The molecule has 0 aromatic heterocycles. The largest absolute Gasteiger partial charge is 0.497 e. The molecule has 0 spiro atoms. The first-order valence-corrected chi connectivity index (χ1v) is 9.21. The van der Waals surface area contributed by atoms with Gasteiger partial charge in [-0.1, -0.05) is 24.3 Å². The van der Waals surface area contributed by atoms with Crippen LogP contribution in [0.5, 0.6) is 11.5 Å². The van der Waals surface area contributed by atoms with Crippen LogP contribution >= 0.6 is 0 Å². The Bertz CT molecular complexity index is 797. The summed E-state index contributed by atoms with van der Waals surface area (Å²) in [6.45, 7) is 4.93. The number of benzene rings is 2. The summed E-state index contributed by atoms with van der Waals surface area (Å²) in [6, 6.07) is 13.1. The van der Waals surface area contributed by atoms with Crippen molar-refractivity contribution in [3.05, 3.63) is 59.2 Å². The maximum Gasteiger partial charge on any atom is 0.325 e. The van der Waals surface area contributed by atoms with Crippen LogP contribution < -0.4 is 9.47 Å². The molecule has 3 rings (SSSR count). The van der Waals surface area contributed by atoms with Gasteiger partial charge in [-0.05, 0) is 55.0 Å². The van der Waals surface area contributed by atoms with Crippen molar-refractivity contribution in [2.75, 3.05) is 20.8 Å². The van der Waals surface area contributed by atoms with Gasteiger partial charge in [-0.3, -0.25) is 9.69 Å². The smallest absolute Gasteiger partial charge is 0.325 e. The van der Waals surface area contributed by atoms with E-state index in [0.717, 1.165) is 6.42 Å². The Morgan fingerprint density at radius 3 is 2.33 bits per heavy atom. The molecule has 1 aliphatic heterocycles. The number of ether oxygens (including phenoxy) is 2. The van der Waals surface area contributed by atoms with Gasteiger partial charge in [0.15, 0.2) is 0 Å². The second kappa shape index (κ2) is 8.01. The third kappa shape index (κ3) is 3.93. The van der Waals surface area contributed by atoms with Crippen molar-refractivity contribution in [1.29, 1.82) is 0 Å². The van der Waals surface area contributed by atoms with Gasteiger partial charge < -0.3 is 14.6 Å². The van der Waals surface area contributed by atoms with Crippen molar-refractivity contribution in [3.8, 4) is 11.5 Å². The summed E-state index contributed by atoms with van der Waals surface area (Å²) in [4.78, 5) is 14.3. The summed E-state index contributed by atoms with van der Waals surface area (Å²) in [5.41, 5.74) is 3.24. The SMILES string of the molecule is COc1cc(OC)cc(C(C(=O)O)N2CC(c3ccccc3C)CC2C)c1. The quantitative estimate of drug-likeness (QED) is 0.833. The number of hydrogen-bond acceptors (Lipinski definition) is 4. The zero-order valence-electron chi connectivity index (χ0n) is 16.3. The fraction of sp³-hybridized carbons (Fsp3) is 0.409. The second-order valence-corrected chi connectivity index (χ2v) is 7.22. The van der Waals surface area contributed by atoms with E-state index in [1.807, 2.05) is 6.07 Å². The Balaban J connectivity index is 1.94. The lowest BCUT2D eigenvalue weighted by Gasteiger charge is -2.29. The lowest BCUT2D eigenvalue weighted by atomic mass is 9.93. The standard InChI is InChI=1S/C22H27NO4/c1-14-7-5-6-8-20(14)17-9-15(2)23(13-17)21(22(24)25)16-10-18(26-3)12-19(11-16)27-4/h5-8,10-12,15,17,21H,9,13H2,1-4H3,(H,24,25). The molecule has 0 radical (unpaired) electrons. The van der Waals surface area contributed by atoms with Crippen LogP contribution in [0.4, 0.5) is 0 Å². The maximum absolute atomic E-state index is 12.2. The van der Waals surface area contributed by atoms with Crippen LogP contribution in [-0.2, 0) is 4.79 Å². The number of carboxylic acid groups (broad SMARTS) is 1. The minimum absolute atomic E-state index is 0.160. The van der Waals surface area contributed by atoms with E-state index in [1.54, 1.807) is 32.4 Å². The van der Waals surface area contributed by atoms with Crippen LogP contribution in [0.1, 0.15) is 42.0 Å². The number of rotatable bonds is 6. The van der Waals surface area contributed by atoms with Crippen molar-refractivity contribution < 1.29 is 19.4 Å². The number of hydrogen-bond donors (Lipinski definition) is 1. The molecule has 27 heavy (non-hydrogen) atoms. The number of methoxy groups -OCH3 is 2. The van der Waals surface area contributed by atoms with Crippen LogP contribution in [0.2, 0.25) is 0 Å². The van der Waals surface area contributed by atoms with E-state index in [1.165, 1.54) is 11.1 Å². The van der Waals surface area contributed by atoms with Gasteiger partial charge in [0.2, 0.25) is 0 Å². The highest BCUT2D eigenvalue weighted by Gasteiger charge is 2.39. The molecule has 2 aromatic rings. The van der Waals surface area contributed by atoms with Gasteiger partial charge in [0.25, 0.3) is 0 Å². The van der Waals surface area contributed by atoms with Gasteiger partial charge in [-0.15, -0.1) is 0 Å². The number of aliphatic carboxylic acids is 1.